The van der Waals surface area contributed by atoms with Gasteiger partial charge in [0.05, 0.1) is 13.2 Å². The quantitative estimate of drug-likeness (QED) is 0.348. The van der Waals surface area contributed by atoms with Gasteiger partial charge >= 0.3 is 0 Å². The molecule has 2 saturated heterocycles. The Balaban J connectivity index is 1.18. The highest BCUT2D eigenvalue weighted by atomic mass is 16.6. The van der Waals surface area contributed by atoms with Crippen molar-refractivity contribution in [1.82, 2.24) is 0 Å². The summed E-state index contributed by atoms with van der Waals surface area (Å²) >= 11 is 0. The number of ether oxygens (including phenoxy) is 4. The zero-order valence-electron chi connectivity index (χ0n) is 21.3. The molecular formula is C32H38O4. The Hall–Kier alpha value is -2.56. The molecule has 2 atom stereocenters. The van der Waals surface area contributed by atoms with Crippen molar-refractivity contribution in [3.63, 3.8) is 0 Å². The van der Waals surface area contributed by atoms with E-state index in [2.05, 4.69) is 54.6 Å². The van der Waals surface area contributed by atoms with Crippen molar-refractivity contribution in [3.8, 4) is 11.5 Å². The molecule has 3 fully saturated rings. The van der Waals surface area contributed by atoms with Gasteiger partial charge in [-0.2, -0.15) is 0 Å². The molecule has 0 aromatic heterocycles. The van der Waals surface area contributed by atoms with Crippen molar-refractivity contribution in [2.24, 2.45) is 0 Å². The molecule has 0 amide bonds. The Kier molecular flexibility index (Phi) is 7.43. The number of allylic oxidation sites excluding steroid dienone is 4. The highest BCUT2D eigenvalue weighted by molar-refractivity contribution is 5.80. The van der Waals surface area contributed by atoms with Crippen LogP contribution in [0.5, 0.6) is 11.5 Å². The van der Waals surface area contributed by atoms with Crippen LogP contribution in [-0.4, -0.2) is 38.6 Å². The lowest BCUT2D eigenvalue weighted by atomic mass is 9.83. The molecule has 4 heteroatoms. The lowest BCUT2D eigenvalue weighted by Crippen LogP contribution is -2.11. The fourth-order valence-corrected chi connectivity index (χ4v) is 5.61. The fraction of sp³-hybridized carbons (Fsp3) is 0.500. The van der Waals surface area contributed by atoms with Crippen LogP contribution >= 0.6 is 0 Å². The standard InChI is InChI=1S/C32H38O4/c1-2-4-7-25(8-5-3-1)30-9-6-10-31(32(30)36-22-29-21-35-29)26-13-11-23(12-14-26)24-15-17-27(18-16-24)33-19-28-20-34-28/h6,9-11,14-18,25,28-29H,1-5,7-8,12-13,19-22H2. The predicted molar refractivity (Wildman–Crippen MR) is 144 cm³/mol. The van der Waals surface area contributed by atoms with Crippen LogP contribution < -0.4 is 9.47 Å². The second-order valence-corrected chi connectivity index (χ2v) is 10.7. The maximum Gasteiger partial charge on any atom is 0.130 e. The summed E-state index contributed by atoms with van der Waals surface area (Å²) in [5.41, 5.74) is 6.71. The highest BCUT2D eigenvalue weighted by Gasteiger charge is 2.27. The maximum absolute atomic E-state index is 6.53. The van der Waals surface area contributed by atoms with Crippen molar-refractivity contribution in [2.75, 3.05) is 26.4 Å². The molecule has 2 aliphatic heterocycles. The van der Waals surface area contributed by atoms with Gasteiger partial charge in [-0.05, 0) is 66.0 Å². The minimum Gasteiger partial charge on any atom is -0.491 e. The van der Waals surface area contributed by atoms with Gasteiger partial charge < -0.3 is 18.9 Å². The maximum atomic E-state index is 6.53. The van der Waals surface area contributed by atoms with Crippen molar-refractivity contribution in [1.29, 1.82) is 0 Å². The van der Waals surface area contributed by atoms with Gasteiger partial charge in [0, 0.05) is 5.56 Å². The Bertz CT molecular complexity index is 1080. The van der Waals surface area contributed by atoms with Gasteiger partial charge in [0.25, 0.3) is 0 Å². The van der Waals surface area contributed by atoms with Crippen LogP contribution in [-0.2, 0) is 9.47 Å². The van der Waals surface area contributed by atoms with E-state index in [4.69, 9.17) is 18.9 Å². The lowest BCUT2D eigenvalue weighted by molar-refractivity contribution is 0.258. The second kappa shape index (κ2) is 11.2. The molecule has 2 aliphatic carbocycles. The monoisotopic (exact) mass is 486 g/mol. The molecule has 0 bridgehead atoms. The summed E-state index contributed by atoms with van der Waals surface area (Å²) in [4.78, 5) is 0. The van der Waals surface area contributed by atoms with E-state index in [1.165, 1.54) is 72.8 Å². The van der Waals surface area contributed by atoms with E-state index >= 15 is 0 Å². The summed E-state index contributed by atoms with van der Waals surface area (Å²) < 4.78 is 23.0. The third kappa shape index (κ3) is 6.04. The molecular weight excluding hydrogens is 448 g/mol. The van der Waals surface area contributed by atoms with E-state index in [0.717, 1.165) is 37.6 Å². The summed E-state index contributed by atoms with van der Waals surface area (Å²) in [6.07, 6.45) is 16.5. The molecule has 36 heavy (non-hydrogen) atoms. The van der Waals surface area contributed by atoms with Gasteiger partial charge in [0.2, 0.25) is 0 Å². The molecule has 2 aromatic carbocycles. The summed E-state index contributed by atoms with van der Waals surface area (Å²) in [7, 11) is 0. The molecule has 0 N–H and O–H groups in total. The average molecular weight is 487 g/mol. The molecule has 1 saturated carbocycles. The smallest absolute Gasteiger partial charge is 0.130 e. The van der Waals surface area contributed by atoms with Crippen LogP contribution in [0.4, 0.5) is 0 Å². The largest absolute Gasteiger partial charge is 0.491 e. The molecule has 4 nitrogen and oxygen atoms in total. The SMILES string of the molecule is C1=C(c2ccc(OCC3CO3)cc2)CC=C(c2cccc(C3CCCCCCC3)c2OCC2CO2)C1. The first-order valence-corrected chi connectivity index (χ1v) is 13.9. The van der Waals surface area contributed by atoms with Crippen molar-refractivity contribution >= 4 is 11.1 Å². The minimum atomic E-state index is 0.263. The van der Waals surface area contributed by atoms with Crippen LogP contribution in [0.3, 0.4) is 0 Å². The number of benzene rings is 2. The fourth-order valence-electron chi connectivity index (χ4n) is 5.61. The van der Waals surface area contributed by atoms with Crippen LogP contribution in [0.15, 0.2) is 54.6 Å². The number of rotatable bonds is 9. The van der Waals surface area contributed by atoms with Gasteiger partial charge in [0.15, 0.2) is 0 Å². The van der Waals surface area contributed by atoms with Gasteiger partial charge in [-0.1, -0.05) is 74.6 Å². The van der Waals surface area contributed by atoms with Crippen LogP contribution in [0.25, 0.3) is 11.1 Å². The molecule has 2 aromatic rings. The summed E-state index contributed by atoms with van der Waals surface area (Å²) in [6, 6.07) is 15.3. The first-order chi connectivity index (χ1) is 17.8. The predicted octanol–water partition coefficient (Wildman–Crippen LogP) is 7.33. The normalized spacial score (nSPS) is 24.2. The number of para-hydroxylation sites is 1. The first-order valence-electron chi connectivity index (χ1n) is 13.9. The van der Waals surface area contributed by atoms with Gasteiger partial charge in [-0.3, -0.25) is 0 Å². The van der Waals surface area contributed by atoms with Crippen molar-refractivity contribution < 1.29 is 18.9 Å². The topological polar surface area (TPSA) is 43.5 Å². The van der Waals surface area contributed by atoms with E-state index in [0.29, 0.717) is 19.1 Å². The average Bonchev–Trinajstić information content (AvgIpc) is 3.82. The minimum absolute atomic E-state index is 0.263. The second-order valence-electron chi connectivity index (χ2n) is 10.7. The summed E-state index contributed by atoms with van der Waals surface area (Å²) in [5, 5.41) is 0. The van der Waals surface area contributed by atoms with Crippen molar-refractivity contribution in [3.05, 3.63) is 71.3 Å². The van der Waals surface area contributed by atoms with Gasteiger partial charge in [0.1, 0.15) is 36.9 Å². The van der Waals surface area contributed by atoms with E-state index in [-0.39, 0.29) is 12.2 Å². The van der Waals surface area contributed by atoms with E-state index in [1.807, 2.05) is 0 Å². The Labute approximate surface area is 215 Å². The molecule has 190 valence electrons. The summed E-state index contributed by atoms with van der Waals surface area (Å²) in [5.74, 6) is 2.63. The summed E-state index contributed by atoms with van der Waals surface area (Å²) in [6.45, 7) is 2.95. The van der Waals surface area contributed by atoms with Crippen LogP contribution in [0.1, 0.15) is 80.4 Å². The highest BCUT2D eigenvalue weighted by Crippen LogP contribution is 2.42. The number of hydrogen-bond acceptors (Lipinski definition) is 4. The van der Waals surface area contributed by atoms with Crippen LogP contribution in [0.2, 0.25) is 0 Å². The Morgan fingerprint density at radius 2 is 1.33 bits per heavy atom. The molecule has 6 rings (SSSR count). The number of hydrogen-bond donors (Lipinski definition) is 0. The molecule has 2 heterocycles. The van der Waals surface area contributed by atoms with E-state index < -0.39 is 0 Å². The molecule has 4 aliphatic rings. The number of epoxide rings is 2. The molecule has 0 spiro atoms. The van der Waals surface area contributed by atoms with Crippen LogP contribution in [0, 0.1) is 0 Å². The zero-order chi connectivity index (χ0) is 24.2. The third-order valence-electron chi connectivity index (χ3n) is 7.95. The lowest BCUT2D eigenvalue weighted by Gasteiger charge is -2.25. The molecule has 2 unspecified atom stereocenters. The molecule has 0 radical (unpaired) electrons. The third-order valence-corrected chi connectivity index (χ3v) is 7.95. The first kappa shape index (κ1) is 23.8. The zero-order valence-corrected chi connectivity index (χ0v) is 21.3. The van der Waals surface area contributed by atoms with E-state index in [1.54, 1.807) is 0 Å². The van der Waals surface area contributed by atoms with E-state index in [9.17, 15) is 0 Å². The Morgan fingerprint density at radius 3 is 2.00 bits per heavy atom. The van der Waals surface area contributed by atoms with Gasteiger partial charge in [-0.25, -0.2) is 0 Å². The van der Waals surface area contributed by atoms with Crippen molar-refractivity contribution in [2.45, 2.75) is 75.9 Å². The Morgan fingerprint density at radius 1 is 0.694 bits per heavy atom. The van der Waals surface area contributed by atoms with Gasteiger partial charge in [-0.15, -0.1) is 0 Å².